The zero-order valence-electron chi connectivity index (χ0n) is 10.6. The van der Waals surface area contributed by atoms with E-state index in [2.05, 4.69) is 4.98 Å². The largest absolute Gasteiger partial charge is 0.361 e. The Morgan fingerprint density at radius 1 is 0.571 bits per heavy atom. The number of H-pyrrole nitrogens is 1. The van der Waals surface area contributed by atoms with Crippen molar-refractivity contribution < 1.29 is 0 Å². The maximum Gasteiger partial charge on any atom is 0.0599 e. The number of benzene rings is 2. The van der Waals surface area contributed by atoms with Crippen LogP contribution in [0.3, 0.4) is 0 Å². The van der Waals surface area contributed by atoms with Crippen LogP contribution < -0.4 is 0 Å². The summed E-state index contributed by atoms with van der Waals surface area (Å²) in [6.45, 7) is 0. The Kier molecular flexibility index (Phi) is 4.19. The fourth-order valence-electron chi connectivity index (χ4n) is 2.07. The van der Waals surface area contributed by atoms with Crippen molar-refractivity contribution in [1.29, 1.82) is 0 Å². The van der Waals surface area contributed by atoms with Crippen LogP contribution in [-0.2, 0) is 0 Å². The standard InChI is InChI=1S/C16H9Cl4N/c17-12-3-1-9(5-14(12)19)11-7-16(21-8-11)10-2-4-13(18)15(20)6-10/h1-8,21H. The summed E-state index contributed by atoms with van der Waals surface area (Å²) < 4.78 is 0. The molecule has 0 amide bonds. The molecule has 3 aromatic rings. The minimum absolute atomic E-state index is 0.528. The van der Waals surface area contributed by atoms with Gasteiger partial charge < -0.3 is 4.98 Å². The third kappa shape index (κ3) is 3.07. The van der Waals surface area contributed by atoms with Gasteiger partial charge in [-0.1, -0.05) is 58.5 Å². The van der Waals surface area contributed by atoms with E-state index in [9.17, 15) is 0 Å². The van der Waals surface area contributed by atoms with Crippen LogP contribution in [0.1, 0.15) is 0 Å². The summed E-state index contributed by atoms with van der Waals surface area (Å²) in [6.07, 6.45) is 1.91. The van der Waals surface area contributed by atoms with Crippen LogP contribution in [-0.4, -0.2) is 4.98 Å². The van der Waals surface area contributed by atoms with Gasteiger partial charge in [0.25, 0.3) is 0 Å². The number of hydrogen-bond acceptors (Lipinski definition) is 0. The summed E-state index contributed by atoms with van der Waals surface area (Å²) in [4.78, 5) is 3.22. The first-order valence-corrected chi connectivity index (χ1v) is 7.65. The van der Waals surface area contributed by atoms with Crippen LogP contribution in [0.5, 0.6) is 0 Å². The van der Waals surface area contributed by atoms with Gasteiger partial charge in [-0.15, -0.1) is 0 Å². The maximum absolute atomic E-state index is 6.05. The Morgan fingerprint density at radius 2 is 1.14 bits per heavy atom. The highest BCUT2D eigenvalue weighted by atomic mass is 35.5. The third-order valence-corrected chi connectivity index (χ3v) is 4.64. The van der Waals surface area contributed by atoms with Crippen LogP contribution in [0.4, 0.5) is 0 Å². The lowest BCUT2D eigenvalue weighted by molar-refractivity contribution is 1.40. The molecule has 0 bridgehead atoms. The van der Waals surface area contributed by atoms with Crippen molar-refractivity contribution in [3.8, 4) is 22.4 Å². The molecule has 0 fully saturated rings. The van der Waals surface area contributed by atoms with E-state index < -0.39 is 0 Å². The SMILES string of the molecule is Clc1ccc(-c2c[nH]c(-c3ccc(Cl)c(Cl)c3)c2)cc1Cl. The zero-order chi connectivity index (χ0) is 15.0. The molecule has 0 aliphatic rings. The molecule has 1 aromatic heterocycles. The van der Waals surface area contributed by atoms with Crippen LogP contribution in [0, 0.1) is 0 Å². The number of rotatable bonds is 2. The first-order valence-electron chi connectivity index (χ1n) is 6.14. The normalized spacial score (nSPS) is 10.9. The molecule has 0 aliphatic heterocycles. The van der Waals surface area contributed by atoms with E-state index in [1.807, 2.05) is 36.5 Å². The molecule has 0 unspecified atom stereocenters. The molecule has 0 radical (unpaired) electrons. The molecule has 3 rings (SSSR count). The Balaban J connectivity index is 1.99. The summed E-state index contributed by atoms with van der Waals surface area (Å²) in [5.41, 5.74) is 3.94. The number of aromatic nitrogens is 1. The van der Waals surface area contributed by atoms with Crippen molar-refractivity contribution in [1.82, 2.24) is 4.98 Å². The molecular weight excluding hydrogens is 348 g/mol. The second-order valence-electron chi connectivity index (χ2n) is 4.56. The first-order chi connectivity index (χ1) is 10.0. The van der Waals surface area contributed by atoms with Gasteiger partial charge in [-0.05, 0) is 47.0 Å². The van der Waals surface area contributed by atoms with Crippen LogP contribution in [0.25, 0.3) is 22.4 Å². The number of aromatic amines is 1. The Morgan fingerprint density at radius 3 is 1.76 bits per heavy atom. The van der Waals surface area contributed by atoms with Gasteiger partial charge in [0.05, 0.1) is 20.1 Å². The quantitative estimate of drug-likeness (QED) is 0.510. The highest BCUT2D eigenvalue weighted by molar-refractivity contribution is 6.42. The second kappa shape index (κ2) is 5.94. The van der Waals surface area contributed by atoms with Crippen LogP contribution in [0.15, 0.2) is 48.7 Å². The van der Waals surface area contributed by atoms with Crippen molar-refractivity contribution in [2.75, 3.05) is 0 Å². The smallest absolute Gasteiger partial charge is 0.0599 e. The number of halogens is 4. The molecular formula is C16H9Cl4N. The maximum atomic E-state index is 6.05. The number of nitrogens with one attached hydrogen (secondary N) is 1. The van der Waals surface area contributed by atoms with Gasteiger partial charge >= 0.3 is 0 Å². The average molecular weight is 357 g/mol. The molecule has 5 heteroatoms. The van der Waals surface area contributed by atoms with Gasteiger partial charge in [-0.2, -0.15) is 0 Å². The number of hydrogen-bond donors (Lipinski definition) is 1. The van der Waals surface area contributed by atoms with Gasteiger partial charge in [0, 0.05) is 11.9 Å². The van der Waals surface area contributed by atoms with E-state index in [1.165, 1.54) is 0 Å². The molecule has 0 aliphatic carbocycles. The highest BCUT2D eigenvalue weighted by Crippen LogP contribution is 2.32. The lowest BCUT2D eigenvalue weighted by Crippen LogP contribution is -1.77. The minimum Gasteiger partial charge on any atom is -0.361 e. The van der Waals surface area contributed by atoms with Crippen LogP contribution >= 0.6 is 46.4 Å². The first kappa shape index (κ1) is 14.8. The summed E-state index contributed by atoms with van der Waals surface area (Å²) in [6, 6.07) is 13.1. The summed E-state index contributed by atoms with van der Waals surface area (Å²) >= 11 is 24.0. The fourth-order valence-corrected chi connectivity index (χ4v) is 2.66. The molecule has 1 heterocycles. The lowest BCUT2D eigenvalue weighted by atomic mass is 10.1. The Labute approximate surface area is 142 Å². The van der Waals surface area contributed by atoms with E-state index >= 15 is 0 Å². The van der Waals surface area contributed by atoms with E-state index in [-0.39, 0.29) is 0 Å². The topological polar surface area (TPSA) is 15.8 Å². The van der Waals surface area contributed by atoms with Crippen molar-refractivity contribution >= 4 is 46.4 Å². The second-order valence-corrected chi connectivity index (χ2v) is 6.19. The minimum atomic E-state index is 0.528. The van der Waals surface area contributed by atoms with Crippen LogP contribution in [0.2, 0.25) is 20.1 Å². The zero-order valence-corrected chi connectivity index (χ0v) is 13.7. The predicted molar refractivity (Wildman–Crippen MR) is 91.7 cm³/mol. The van der Waals surface area contributed by atoms with E-state index in [1.54, 1.807) is 12.1 Å². The van der Waals surface area contributed by atoms with Gasteiger partial charge in [0.15, 0.2) is 0 Å². The fraction of sp³-hybridized carbons (Fsp3) is 0. The Hall–Kier alpha value is -1.12. The third-order valence-electron chi connectivity index (χ3n) is 3.17. The van der Waals surface area contributed by atoms with Gasteiger partial charge in [-0.25, -0.2) is 0 Å². The van der Waals surface area contributed by atoms with Crippen molar-refractivity contribution in [2.45, 2.75) is 0 Å². The Bertz CT molecular complexity index is 742. The molecule has 21 heavy (non-hydrogen) atoms. The van der Waals surface area contributed by atoms with E-state index in [4.69, 9.17) is 46.4 Å². The molecule has 0 saturated heterocycles. The van der Waals surface area contributed by atoms with Gasteiger partial charge in [0.2, 0.25) is 0 Å². The molecule has 0 atom stereocenters. The van der Waals surface area contributed by atoms with Crippen molar-refractivity contribution in [2.24, 2.45) is 0 Å². The molecule has 106 valence electrons. The highest BCUT2D eigenvalue weighted by Gasteiger charge is 2.07. The summed E-state index contributed by atoms with van der Waals surface area (Å²) in [5, 5.41) is 2.14. The van der Waals surface area contributed by atoms with E-state index in [0.717, 1.165) is 22.4 Å². The van der Waals surface area contributed by atoms with Gasteiger partial charge in [-0.3, -0.25) is 0 Å². The van der Waals surface area contributed by atoms with E-state index in [0.29, 0.717) is 20.1 Å². The predicted octanol–water partition coefficient (Wildman–Crippen LogP) is 6.96. The van der Waals surface area contributed by atoms with Gasteiger partial charge in [0.1, 0.15) is 0 Å². The molecule has 0 saturated carbocycles. The van der Waals surface area contributed by atoms with Crippen molar-refractivity contribution in [3.05, 3.63) is 68.8 Å². The molecule has 0 spiro atoms. The molecule has 2 aromatic carbocycles. The monoisotopic (exact) mass is 355 g/mol. The lowest BCUT2D eigenvalue weighted by Gasteiger charge is -2.01. The molecule has 1 N–H and O–H groups in total. The average Bonchev–Trinajstić information content (AvgIpc) is 2.94. The molecule has 1 nitrogen and oxygen atoms in total. The summed E-state index contributed by atoms with van der Waals surface area (Å²) in [7, 11) is 0. The van der Waals surface area contributed by atoms with Crippen molar-refractivity contribution in [3.63, 3.8) is 0 Å². The summed E-state index contributed by atoms with van der Waals surface area (Å²) in [5.74, 6) is 0.